The summed E-state index contributed by atoms with van der Waals surface area (Å²) in [4.78, 5) is 5.13. The maximum atomic E-state index is 3.49. The number of hydrogen-bond acceptors (Lipinski definition) is 3. The van der Waals surface area contributed by atoms with Gasteiger partial charge in [-0.3, -0.25) is 0 Å². The lowest BCUT2D eigenvalue weighted by molar-refractivity contribution is 0.328. The van der Waals surface area contributed by atoms with Gasteiger partial charge < -0.3 is 15.1 Å². The predicted molar refractivity (Wildman–Crippen MR) is 92.1 cm³/mol. The van der Waals surface area contributed by atoms with E-state index >= 15 is 0 Å². The molecule has 1 heterocycles. The van der Waals surface area contributed by atoms with Crippen molar-refractivity contribution in [2.24, 2.45) is 0 Å². The molecule has 1 atom stereocenters. The molecule has 0 aromatic heterocycles. The van der Waals surface area contributed by atoms with Crippen molar-refractivity contribution in [1.82, 2.24) is 10.2 Å². The van der Waals surface area contributed by atoms with Crippen LogP contribution < -0.4 is 10.2 Å². The zero-order chi connectivity index (χ0) is 15.2. The fourth-order valence-electron chi connectivity index (χ4n) is 3.31. The minimum absolute atomic E-state index is 0.626. The second kappa shape index (κ2) is 7.81. The first-order valence-corrected chi connectivity index (χ1v) is 8.41. The summed E-state index contributed by atoms with van der Waals surface area (Å²) in [5.41, 5.74) is 4.23. The van der Waals surface area contributed by atoms with Gasteiger partial charge in [0.05, 0.1) is 0 Å². The van der Waals surface area contributed by atoms with Crippen molar-refractivity contribution in [2.75, 3.05) is 38.1 Å². The number of benzene rings is 1. The van der Waals surface area contributed by atoms with Gasteiger partial charge >= 0.3 is 0 Å². The smallest absolute Gasteiger partial charge is 0.0414 e. The van der Waals surface area contributed by atoms with Crippen LogP contribution in [0.5, 0.6) is 0 Å². The van der Waals surface area contributed by atoms with Crippen LogP contribution in [0.1, 0.15) is 37.8 Å². The molecule has 1 aliphatic heterocycles. The van der Waals surface area contributed by atoms with Gasteiger partial charge in [0.1, 0.15) is 0 Å². The third kappa shape index (κ3) is 4.21. The lowest BCUT2D eigenvalue weighted by Crippen LogP contribution is -2.40. The summed E-state index contributed by atoms with van der Waals surface area (Å²) in [5, 5.41) is 3.49. The maximum Gasteiger partial charge on any atom is 0.0414 e. The van der Waals surface area contributed by atoms with Crippen LogP contribution in [-0.2, 0) is 6.54 Å². The number of hydrogen-bond donors (Lipinski definition) is 1. The van der Waals surface area contributed by atoms with E-state index in [0.29, 0.717) is 6.04 Å². The summed E-state index contributed by atoms with van der Waals surface area (Å²) in [7, 11) is 2.25. The fraction of sp³-hybridized carbons (Fsp3) is 0.667. The highest BCUT2D eigenvalue weighted by Gasteiger charge is 2.23. The molecular formula is C18H31N3. The standard InChI is InChI=1S/C18H31N3/c1-5-17-14-20(4)10-7-11-21(17)18-9-8-15(3)12-16(18)13-19-6-2/h8-9,12,17,19H,5-7,10-11,13-14H2,1-4H3. The van der Waals surface area contributed by atoms with Gasteiger partial charge in [-0.05, 0) is 51.5 Å². The van der Waals surface area contributed by atoms with Crippen LogP contribution in [0.15, 0.2) is 18.2 Å². The van der Waals surface area contributed by atoms with E-state index in [2.05, 4.69) is 61.1 Å². The molecule has 1 aliphatic rings. The Kier molecular flexibility index (Phi) is 6.07. The van der Waals surface area contributed by atoms with Gasteiger partial charge in [-0.25, -0.2) is 0 Å². The third-order valence-corrected chi connectivity index (χ3v) is 4.48. The highest BCUT2D eigenvalue weighted by Crippen LogP contribution is 2.27. The zero-order valence-corrected chi connectivity index (χ0v) is 14.2. The first-order chi connectivity index (χ1) is 10.2. The highest BCUT2D eigenvalue weighted by molar-refractivity contribution is 5.56. The summed E-state index contributed by atoms with van der Waals surface area (Å²) in [6, 6.07) is 7.56. The van der Waals surface area contributed by atoms with E-state index in [1.165, 1.54) is 49.3 Å². The predicted octanol–water partition coefficient (Wildman–Crippen LogP) is 3.03. The molecule has 0 bridgehead atoms. The van der Waals surface area contributed by atoms with Crippen molar-refractivity contribution in [2.45, 2.75) is 46.2 Å². The van der Waals surface area contributed by atoms with Crippen molar-refractivity contribution >= 4 is 5.69 Å². The Morgan fingerprint density at radius 2 is 2.05 bits per heavy atom. The van der Waals surface area contributed by atoms with Gasteiger partial charge in [0.2, 0.25) is 0 Å². The molecule has 0 radical (unpaired) electrons. The van der Waals surface area contributed by atoms with Gasteiger partial charge in [0, 0.05) is 31.4 Å². The van der Waals surface area contributed by atoms with Gasteiger partial charge in [0.25, 0.3) is 0 Å². The second-order valence-electron chi connectivity index (χ2n) is 6.28. The van der Waals surface area contributed by atoms with Crippen LogP contribution >= 0.6 is 0 Å². The molecule has 0 aliphatic carbocycles. The van der Waals surface area contributed by atoms with E-state index < -0.39 is 0 Å². The quantitative estimate of drug-likeness (QED) is 0.899. The van der Waals surface area contributed by atoms with E-state index in [9.17, 15) is 0 Å². The summed E-state index contributed by atoms with van der Waals surface area (Å²) in [6.07, 6.45) is 2.46. The molecule has 3 heteroatoms. The number of nitrogens with one attached hydrogen (secondary N) is 1. The number of likely N-dealkylation sites (N-methyl/N-ethyl adjacent to an activating group) is 1. The molecule has 1 aromatic rings. The molecule has 0 spiro atoms. The molecular weight excluding hydrogens is 258 g/mol. The van der Waals surface area contributed by atoms with E-state index in [-0.39, 0.29) is 0 Å². The van der Waals surface area contributed by atoms with Crippen molar-refractivity contribution in [3.8, 4) is 0 Å². The first kappa shape index (κ1) is 16.3. The third-order valence-electron chi connectivity index (χ3n) is 4.48. The average molecular weight is 289 g/mol. The molecule has 0 amide bonds. The van der Waals surface area contributed by atoms with E-state index in [1.54, 1.807) is 0 Å². The fourth-order valence-corrected chi connectivity index (χ4v) is 3.31. The van der Waals surface area contributed by atoms with Crippen LogP contribution in [0.4, 0.5) is 5.69 Å². The van der Waals surface area contributed by atoms with Gasteiger partial charge in [-0.15, -0.1) is 0 Å². The number of rotatable bonds is 5. The molecule has 0 saturated carbocycles. The molecule has 1 saturated heterocycles. The van der Waals surface area contributed by atoms with Crippen molar-refractivity contribution in [1.29, 1.82) is 0 Å². The molecule has 1 unspecified atom stereocenters. The van der Waals surface area contributed by atoms with Crippen molar-refractivity contribution in [3.63, 3.8) is 0 Å². The molecule has 1 N–H and O–H groups in total. The highest BCUT2D eigenvalue weighted by atomic mass is 15.2. The zero-order valence-electron chi connectivity index (χ0n) is 14.2. The Bertz CT molecular complexity index is 444. The van der Waals surface area contributed by atoms with Crippen LogP contribution in [0.3, 0.4) is 0 Å². The Morgan fingerprint density at radius 1 is 1.24 bits per heavy atom. The topological polar surface area (TPSA) is 18.5 Å². The number of nitrogens with zero attached hydrogens (tertiary/aromatic N) is 2. The summed E-state index contributed by atoms with van der Waals surface area (Å²) in [6.45, 7) is 12.2. The lowest BCUT2D eigenvalue weighted by Gasteiger charge is -2.34. The Hall–Kier alpha value is -1.06. The molecule has 2 rings (SSSR count). The summed E-state index contributed by atoms with van der Waals surface area (Å²) >= 11 is 0. The van der Waals surface area contributed by atoms with Crippen LogP contribution in [0.2, 0.25) is 0 Å². The van der Waals surface area contributed by atoms with Crippen LogP contribution in [0.25, 0.3) is 0 Å². The molecule has 118 valence electrons. The number of anilines is 1. The van der Waals surface area contributed by atoms with Crippen LogP contribution in [0, 0.1) is 6.92 Å². The minimum atomic E-state index is 0.626. The van der Waals surface area contributed by atoms with Gasteiger partial charge in [0.15, 0.2) is 0 Å². The maximum absolute atomic E-state index is 3.49. The van der Waals surface area contributed by atoms with Gasteiger partial charge in [-0.2, -0.15) is 0 Å². The minimum Gasteiger partial charge on any atom is -0.367 e. The molecule has 1 fully saturated rings. The largest absolute Gasteiger partial charge is 0.367 e. The average Bonchev–Trinajstić information content (AvgIpc) is 2.66. The SMILES string of the molecule is CCNCc1cc(C)ccc1N1CCCN(C)CC1CC. The molecule has 3 nitrogen and oxygen atoms in total. The van der Waals surface area contributed by atoms with Crippen molar-refractivity contribution < 1.29 is 0 Å². The number of aryl methyl sites for hydroxylation is 1. The monoisotopic (exact) mass is 289 g/mol. The Morgan fingerprint density at radius 3 is 2.76 bits per heavy atom. The molecule has 1 aromatic carbocycles. The summed E-state index contributed by atoms with van der Waals surface area (Å²) in [5.74, 6) is 0. The van der Waals surface area contributed by atoms with Crippen LogP contribution in [-0.4, -0.2) is 44.2 Å². The Balaban J connectivity index is 2.29. The van der Waals surface area contributed by atoms with E-state index in [4.69, 9.17) is 0 Å². The van der Waals surface area contributed by atoms with Crippen molar-refractivity contribution in [3.05, 3.63) is 29.3 Å². The lowest BCUT2D eigenvalue weighted by atomic mass is 10.1. The Labute approximate surface area is 130 Å². The molecule has 21 heavy (non-hydrogen) atoms. The first-order valence-electron chi connectivity index (χ1n) is 8.41. The van der Waals surface area contributed by atoms with E-state index in [0.717, 1.165) is 13.1 Å². The summed E-state index contributed by atoms with van der Waals surface area (Å²) < 4.78 is 0. The van der Waals surface area contributed by atoms with E-state index in [1.807, 2.05) is 0 Å². The second-order valence-corrected chi connectivity index (χ2v) is 6.28. The van der Waals surface area contributed by atoms with Gasteiger partial charge in [-0.1, -0.05) is 31.5 Å². The normalized spacial score (nSPS) is 20.6.